The van der Waals surface area contributed by atoms with Gasteiger partial charge in [0.1, 0.15) is 6.73 Å². The highest BCUT2D eigenvalue weighted by Crippen LogP contribution is 2.12. The summed E-state index contributed by atoms with van der Waals surface area (Å²) >= 11 is 1.44. The minimum absolute atomic E-state index is 0.222. The van der Waals surface area contributed by atoms with Gasteiger partial charge in [0, 0.05) is 24.8 Å². The van der Waals surface area contributed by atoms with E-state index in [0.717, 1.165) is 0 Å². The van der Waals surface area contributed by atoms with Crippen LogP contribution >= 0.6 is 11.3 Å². The van der Waals surface area contributed by atoms with E-state index in [4.69, 9.17) is 15.1 Å². The lowest BCUT2D eigenvalue weighted by molar-refractivity contribution is 0.129. The van der Waals surface area contributed by atoms with Gasteiger partial charge in [-0.3, -0.25) is 4.57 Å². The van der Waals surface area contributed by atoms with E-state index in [9.17, 15) is 0 Å². The molecular weight excluding hydrogens is 264 g/mol. The molecule has 2 aromatic rings. The number of pyridine rings is 1. The lowest BCUT2D eigenvalue weighted by atomic mass is 10.2. The van der Waals surface area contributed by atoms with Crippen LogP contribution in [0.5, 0.6) is 0 Å². The molecule has 6 nitrogen and oxygen atoms in total. The molecule has 2 heterocycles. The number of ether oxygens (including phenoxy) is 1. The molecule has 0 fully saturated rings. The molecule has 1 N–H and O–H groups in total. The van der Waals surface area contributed by atoms with E-state index in [2.05, 4.69) is 9.98 Å². The van der Waals surface area contributed by atoms with E-state index >= 15 is 0 Å². The van der Waals surface area contributed by atoms with Crippen LogP contribution in [0.15, 0.2) is 28.7 Å². The van der Waals surface area contributed by atoms with Gasteiger partial charge in [-0.1, -0.05) is 0 Å². The minimum Gasteiger partial charge on any atom is -0.390 e. The second kappa shape index (κ2) is 6.24. The van der Waals surface area contributed by atoms with Crippen LogP contribution in [0.25, 0.3) is 0 Å². The molecule has 19 heavy (non-hydrogen) atoms. The summed E-state index contributed by atoms with van der Waals surface area (Å²) in [6, 6.07) is 5.14. The van der Waals surface area contributed by atoms with E-state index in [0.29, 0.717) is 28.6 Å². The summed E-state index contributed by atoms with van der Waals surface area (Å²) in [5.74, 6) is 0.399. The first-order valence-corrected chi connectivity index (χ1v) is 6.34. The van der Waals surface area contributed by atoms with Crippen molar-refractivity contribution in [2.75, 3.05) is 7.11 Å². The molecule has 7 heteroatoms. The van der Waals surface area contributed by atoms with Crippen molar-refractivity contribution in [3.63, 3.8) is 0 Å². The summed E-state index contributed by atoms with van der Waals surface area (Å²) in [5.41, 5.74) is 0.847. The molecule has 2 aromatic heterocycles. The number of nitrogens with zero attached hydrogens (tertiary/aromatic N) is 4. The van der Waals surface area contributed by atoms with Gasteiger partial charge in [0.05, 0.1) is 23.9 Å². The highest BCUT2D eigenvalue weighted by molar-refractivity contribution is 7.07. The van der Waals surface area contributed by atoms with Crippen molar-refractivity contribution < 1.29 is 9.84 Å². The number of aliphatic hydroxyl groups is 1. The summed E-state index contributed by atoms with van der Waals surface area (Å²) in [7, 11) is 1.60. The van der Waals surface area contributed by atoms with Crippen LogP contribution in [-0.4, -0.2) is 21.8 Å². The summed E-state index contributed by atoms with van der Waals surface area (Å²) in [4.78, 5) is 9.24. The molecule has 0 bridgehead atoms. The molecule has 0 aromatic carbocycles. The average Bonchev–Trinajstić information content (AvgIpc) is 2.86. The van der Waals surface area contributed by atoms with Gasteiger partial charge in [-0.05, 0) is 6.07 Å². The molecule has 0 amide bonds. The fourth-order valence-corrected chi connectivity index (χ4v) is 2.22. The molecule has 0 spiro atoms. The summed E-state index contributed by atoms with van der Waals surface area (Å²) in [6.07, 6.45) is 1.86. The maximum atomic E-state index is 9.11. The zero-order valence-electron chi connectivity index (χ0n) is 10.3. The number of methoxy groups -OCH3 is 1. The monoisotopic (exact) mass is 276 g/mol. The Hall–Kier alpha value is -2.01. The van der Waals surface area contributed by atoms with Gasteiger partial charge in [-0.2, -0.15) is 5.26 Å². The molecule has 0 aliphatic rings. The zero-order chi connectivity index (χ0) is 13.7. The SMILES string of the molecule is COCn1ccsc1=Nc1cc(C#N)cc(CO)n1. The second-order valence-electron chi connectivity index (χ2n) is 3.66. The number of hydrogen-bond acceptors (Lipinski definition) is 6. The zero-order valence-corrected chi connectivity index (χ0v) is 11.1. The fraction of sp³-hybridized carbons (Fsp3) is 0.250. The van der Waals surface area contributed by atoms with Crippen LogP contribution in [0.1, 0.15) is 11.3 Å². The number of thiazole rings is 1. The normalized spacial score (nSPS) is 11.5. The topological polar surface area (TPSA) is 83.4 Å². The van der Waals surface area contributed by atoms with Crippen LogP contribution in [0.3, 0.4) is 0 Å². The summed E-state index contributed by atoms with van der Waals surface area (Å²) < 4.78 is 6.87. The lowest BCUT2D eigenvalue weighted by Gasteiger charge is -2.01. The van der Waals surface area contributed by atoms with Crippen molar-refractivity contribution in [1.29, 1.82) is 5.26 Å². The molecular formula is C12H12N4O2S. The van der Waals surface area contributed by atoms with Crippen LogP contribution in [0, 0.1) is 11.3 Å². The highest BCUT2D eigenvalue weighted by atomic mass is 32.1. The highest BCUT2D eigenvalue weighted by Gasteiger charge is 2.02. The van der Waals surface area contributed by atoms with E-state index in [1.165, 1.54) is 17.4 Å². The van der Waals surface area contributed by atoms with E-state index in [-0.39, 0.29) is 6.61 Å². The molecule has 2 rings (SSSR count). The Morgan fingerprint density at radius 2 is 2.42 bits per heavy atom. The molecule has 0 unspecified atom stereocenters. The molecule has 0 aliphatic heterocycles. The van der Waals surface area contributed by atoms with Gasteiger partial charge in [-0.25, -0.2) is 9.98 Å². The van der Waals surface area contributed by atoms with Gasteiger partial charge < -0.3 is 9.84 Å². The molecule has 0 atom stereocenters. The Morgan fingerprint density at radius 3 is 3.11 bits per heavy atom. The predicted octanol–water partition coefficient (Wildman–Crippen LogP) is 1.14. The Balaban J connectivity index is 2.47. The molecule has 98 valence electrons. The van der Waals surface area contributed by atoms with E-state index in [1.54, 1.807) is 13.2 Å². The third-order valence-electron chi connectivity index (χ3n) is 2.29. The van der Waals surface area contributed by atoms with Crippen molar-refractivity contribution in [2.45, 2.75) is 13.3 Å². The van der Waals surface area contributed by atoms with Crippen molar-refractivity contribution in [1.82, 2.24) is 9.55 Å². The Kier molecular flexibility index (Phi) is 4.41. The second-order valence-corrected chi connectivity index (χ2v) is 4.53. The van der Waals surface area contributed by atoms with E-state index < -0.39 is 0 Å². The maximum Gasteiger partial charge on any atom is 0.193 e. The quantitative estimate of drug-likeness (QED) is 0.907. The summed E-state index contributed by atoms with van der Waals surface area (Å²) in [5, 5.41) is 19.9. The molecule has 0 radical (unpaired) electrons. The van der Waals surface area contributed by atoms with E-state index in [1.807, 2.05) is 22.2 Å². The average molecular weight is 276 g/mol. The Labute approximate surface area is 113 Å². The Morgan fingerprint density at radius 1 is 1.58 bits per heavy atom. The van der Waals surface area contributed by atoms with Gasteiger partial charge in [0.15, 0.2) is 10.6 Å². The van der Waals surface area contributed by atoms with Crippen molar-refractivity contribution in [3.8, 4) is 6.07 Å². The number of nitriles is 1. The first-order chi connectivity index (χ1) is 9.26. The Bertz CT molecular complexity index is 669. The maximum absolute atomic E-state index is 9.11. The van der Waals surface area contributed by atoms with Gasteiger partial charge in [0.25, 0.3) is 0 Å². The number of aliphatic hydroxyl groups excluding tert-OH is 1. The van der Waals surface area contributed by atoms with Crippen LogP contribution in [0.4, 0.5) is 5.82 Å². The molecule has 0 aliphatic carbocycles. The minimum atomic E-state index is -0.222. The van der Waals surface area contributed by atoms with Crippen molar-refractivity contribution in [3.05, 3.63) is 39.8 Å². The van der Waals surface area contributed by atoms with Crippen molar-refractivity contribution >= 4 is 17.2 Å². The summed E-state index contributed by atoms with van der Waals surface area (Å²) in [6.45, 7) is 0.174. The molecule has 0 saturated heterocycles. The third-order valence-corrected chi connectivity index (χ3v) is 3.09. The number of rotatable bonds is 4. The van der Waals surface area contributed by atoms with Gasteiger partial charge >= 0.3 is 0 Å². The number of aromatic nitrogens is 2. The third kappa shape index (κ3) is 3.26. The smallest absolute Gasteiger partial charge is 0.193 e. The first-order valence-electron chi connectivity index (χ1n) is 5.46. The lowest BCUT2D eigenvalue weighted by Crippen LogP contribution is -2.14. The standard InChI is InChI=1S/C12H12N4O2S/c1-18-8-16-2-3-19-12(16)15-11-5-9(6-13)4-10(7-17)14-11/h2-5,17H,7-8H2,1H3. The van der Waals surface area contributed by atoms with Crippen LogP contribution < -0.4 is 4.80 Å². The van der Waals surface area contributed by atoms with Gasteiger partial charge in [-0.15, -0.1) is 11.3 Å². The first kappa shape index (κ1) is 13.4. The van der Waals surface area contributed by atoms with Crippen molar-refractivity contribution in [2.24, 2.45) is 4.99 Å². The van der Waals surface area contributed by atoms with Gasteiger partial charge in [0.2, 0.25) is 0 Å². The van der Waals surface area contributed by atoms with Crippen LogP contribution in [0.2, 0.25) is 0 Å². The predicted molar refractivity (Wildman–Crippen MR) is 69.4 cm³/mol. The number of hydrogen-bond donors (Lipinski definition) is 1. The largest absolute Gasteiger partial charge is 0.390 e. The van der Waals surface area contributed by atoms with Crippen LogP contribution in [-0.2, 0) is 18.1 Å². The fourth-order valence-electron chi connectivity index (χ4n) is 1.50. The molecule has 0 saturated carbocycles.